The Morgan fingerprint density at radius 1 is 1.19 bits per heavy atom. The van der Waals surface area contributed by atoms with Gasteiger partial charge in [-0.05, 0) is 37.6 Å². The molecular weight excluding hydrogens is 268 g/mol. The lowest BCUT2D eigenvalue weighted by atomic mass is 9.85. The van der Waals surface area contributed by atoms with E-state index in [-0.39, 0.29) is 17.6 Å². The van der Waals surface area contributed by atoms with E-state index in [9.17, 15) is 9.59 Å². The maximum absolute atomic E-state index is 12.5. The molecule has 1 aliphatic rings. The Morgan fingerprint density at radius 3 is 2.52 bits per heavy atom. The predicted octanol–water partition coefficient (Wildman–Crippen LogP) is 2.52. The van der Waals surface area contributed by atoms with Crippen molar-refractivity contribution in [3.05, 3.63) is 54.5 Å². The number of amides is 2. The van der Waals surface area contributed by atoms with Crippen molar-refractivity contribution < 1.29 is 14.0 Å². The van der Waals surface area contributed by atoms with Crippen molar-refractivity contribution in [1.82, 2.24) is 4.90 Å². The van der Waals surface area contributed by atoms with Crippen LogP contribution in [-0.2, 0) is 4.79 Å². The molecule has 0 aliphatic carbocycles. The second-order valence-electron chi connectivity index (χ2n) is 5.28. The van der Waals surface area contributed by atoms with E-state index in [1.807, 2.05) is 30.3 Å². The minimum Gasteiger partial charge on any atom is -0.459 e. The van der Waals surface area contributed by atoms with E-state index in [2.05, 4.69) is 5.32 Å². The summed E-state index contributed by atoms with van der Waals surface area (Å²) in [6, 6.07) is 12.5. The molecule has 0 spiro atoms. The second-order valence-corrected chi connectivity index (χ2v) is 5.28. The zero-order chi connectivity index (χ0) is 14.9. The standard InChI is InChI=1S/C16H16N2O3/c1-16(15(20)17-12-6-3-2-4-7-12)9-10-18(16)14(19)13-8-5-11-21-13/h2-8,11H,9-10H2,1H3,(H,17,20). The van der Waals surface area contributed by atoms with Gasteiger partial charge in [-0.2, -0.15) is 0 Å². The van der Waals surface area contributed by atoms with Crippen molar-refractivity contribution in [3.8, 4) is 0 Å². The van der Waals surface area contributed by atoms with Crippen molar-refractivity contribution >= 4 is 17.5 Å². The first kappa shape index (κ1) is 13.4. The number of para-hydroxylation sites is 1. The van der Waals surface area contributed by atoms with Gasteiger partial charge in [-0.3, -0.25) is 9.59 Å². The van der Waals surface area contributed by atoms with Gasteiger partial charge in [0.2, 0.25) is 5.91 Å². The number of carbonyl (C=O) groups is 2. The number of furan rings is 1. The molecule has 0 bridgehead atoms. The highest BCUT2D eigenvalue weighted by molar-refractivity contribution is 6.03. The minimum absolute atomic E-state index is 0.181. The van der Waals surface area contributed by atoms with Crippen molar-refractivity contribution in [2.75, 3.05) is 11.9 Å². The topological polar surface area (TPSA) is 62.6 Å². The molecular formula is C16H16N2O3. The van der Waals surface area contributed by atoms with E-state index < -0.39 is 5.54 Å². The quantitative estimate of drug-likeness (QED) is 0.942. The Balaban J connectivity index is 1.75. The molecule has 1 fully saturated rings. The molecule has 0 radical (unpaired) electrons. The number of benzene rings is 1. The van der Waals surface area contributed by atoms with E-state index in [0.717, 1.165) is 5.69 Å². The third-order valence-electron chi connectivity index (χ3n) is 3.92. The molecule has 3 rings (SSSR count). The molecule has 1 N–H and O–H groups in total. The molecule has 108 valence electrons. The van der Waals surface area contributed by atoms with Gasteiger partial charge in [0.1, 0.15) is 5.54 Å². The molecule has 2 aromatic rings. The van der Waals surface area contributed by atoms with Crippen LogP contribution in [0.4, 0.5) is 5.69 Å². The van der Waals surface area contributed by atoms with Gasteiger partial charge in [-0.1, -0.05) is 18.2 Å². The highest BCUT2D eigenvalue weighted by atomic mass is 16.3. The number of nitrogens with zero attached hydrogens (tertiary/aromatic N) is 1. The summed E-state index contributed by atoms with van der Waals surface area (Å²) in [5.41, 5.74) is -0.110. The maximum atomic E-state index is 12.5. The van der Waals surface area contributed by atoms with Crippen LogP contribution in [-0.4, -0.2) is 28.8 Å². The molecule has 2 heterocycles. The number of carbonyl (C=O) groups excluding carboxylic acids is 2. The summed E-state index contributed by atoms with van der Waals surface area (Å²) in [6.07, 6.45) is 2.09. The number of anilines is 1. The van der Waals surface area contributed by atoms with Crippen LogP contribution in [0, 0.1) is 0 Å². The summed E-state index contributed by atoms with van der Waals surface area (Å²) in [6.45, 7) is 2.33. The third-order valence-corrected chi connectivity index (χ3v) is 3.92. The lowest BCUT2D eigenvalue weighted by molar-refractivity contribution is -0.132. The summed E-state index contributed by atoms with van der Waals surface area (Å²) < 4.78 is 5.12. The van der Waals surface area contributed by atoms with E-state index in [4.69, 9.17) is 4.42 Å². The van der Waals surface area contributed by atoms with E-state index in [1.165, 1.54) is 6.26 Å². The van der Waals surface area contributed by atoms with Crippen molar-refractivity contribution in [2.45, 2.75) is 18.9 Å². The van der Waals surface area contributed by atoms with Crippen LogP contribution in [0.25, 0.3) is 0 Å². The average Bonchev–Trinajstić information content (AvgIpc) is 3.00. The van der Waals surface area contributed by atoms with Crippen LogP contribution in [0.5, 0.6) is 0 Å². The SMILES string of the molecule is CC1(C(=O)Nc2ccccc2)CCN1C(=O)c1ccco1. The fourth-order valence-corrected chi connectivity index (χ4v) is 2.44. The first-order chi connectivity index (χ1) is 10.1. The lowest BCUT2D eigenvalue weighted by Crippen LogP contribution is -2.66. The molecule has 0 saturated carbocycles. The first-order valence-electron chi connectivity index (χ1n) is 6.83. The van der Waals surface area contributed by atoms with Crippen LogP contribution in [0.1, 0.15) is 23.9 Å². The fraction of sp³-hybridized carbons (Fsp3) is 0.250. The van der Waals surface area contributed by atoms with Crippen LogP contribution >= 0.6 is 0 Å². The van der Waals surface area contributed by atoms with E-state index in [1.54, 1.807) is 24.0 Å². The molecule has 21 heavy (non-hydrogen) atoms. The van der Waals surface area contributed by atoms with Gasteiger partial charge < -0.3 is 14.6 Å². The summed E-state index contributed by atoms with van der Waals surface area (Å²) in [5, 5.41) is 2.85. The van der Waals surface area contributed by atoms with Gasteiger partial charge in [0, 0.05) is 12.2 Å². The summed E-state index contributed by atoms with van der Waals surface area (Å²) in [7, 11) is 0. The lowest BCUT2D eigenvalue weighted by Gasteiger charge is -2.48. The first-order valence-corrected chi connectivity index (χ1v) is 6.83. The van der Waals surface area contributed by atoms with Gasteiger partial charge in [0.15, 0.2) is 5.76 Å². The molecule has 1 unspecified atom stereocenters. The smallest absolute Gasteiger partial charge is 0.290 e. The van der Waals surface area contributed by atoms with Gasteiger partial charge in [0.25, 0.3) is 5.91 Å². The zero-order valence-electron chi connectivity index (χ0n) is 11.7. The summed E-state index contributed by atoms with van der Waals surface area (Å²) in [5.74, 6) is -0.176. The third kappa shape index (κ3) is 2.31. The molecule has 5 heteroatoms. The molecule has 1 aromatic carbocycles. The van der Waals surface area contributed by atoms with Gasteiger partial charge in [0.05, 0.1) is 6.26 Å². The maximum Gasteiger partial charge on any atom is 0.290 e. The molecule has 1 aliphatic heterocycles. The van der Waals surface area contributed by atoms with E-state index in [0.29, 0.717) is 13.0 Å². The molecule has 2 amide bonds. The van der Waals surface area contributed by atoms with Gasteiger partial charge in [-0.25, -0.2) is 0 Å². The molecule has 1 aromatic heterocycles. The molecule has 5 nitrogen and oxygen atoms in total. The second kappa shape index (κ2) is 5.09. The number of hydrogen-bond donors (Lipinski definition) is 1. The zero-order valence-corrected chi connectivity index (χ0v) is 11.7. The van der Waals surface area contributed by atoms with Crippen LogP contribution < -0.4 is 5.32 Å². The highest BCUT2D eigenvalue weighted by Crippen LogP contribution is 2.33. The van der Waals surface area contributed by atoms with Crippen molar-refractivity contribution in [2.24, 2.45) is 0 Å². The number of rotatable bonds is 3. The predicted molar refractivity (Wildman–Crippen MR) is 77.8 cm³/mol. The van der Waals surface area contributed by atoms with Gasteiger partial charge >= 0.3 is 0 Å². The van der Waals surface area contributed by atoms with E-state index >= 15 is 0 Å². The number of likely N-dealkylation sites (tertiary alicyclic amines) is 1. The summed E-state index contributed by atoms with van der Waals surface area (Å²) in [4.78, 5) is 26.3. The van der Waals surface area contributed by atoms with Crippen LogP contribution in [0.3, 0.4) is 0 Å². The Labute approximate surface area is 122 Å². The van der Waals surface area contributed by atoms with Gasteiger partial charge in [-0.15, -0.1) is 0 Å². The van der Waals surface area contributed by atoms with Crippen molar-refractivity contribution in [3.63, 3.8) is 0 Å². The Hall–Kier alpha value is -2.56. The Kier molecular flexibility index (Phi) is 3.25. The highest BCUT2D eigenvalue weighted by Gasteiger charge is 2.50. The van der Waals surface area contributed by atoms with Crippen molar-refractivity contribution in [1.29, 1.82) is 0 Å². The van der Waals surface area contributed by atoms with Crippen LogP contribution in [0.2, 0.25) is 0 Å². The normalized spacial score (nSPS) is 20.7. The number of nitrogens with one attached hydrogen (secondary N) is 1. The summed E-state index contributed by atoms with van der Waals surface area (Å²) >= 11 is 0. The molecule has 1 saturated heterocycles. The Bertz CT molecular complexity index is 651. The monoisotopic (exact) mass is 284 g/mol. The average molecular weight is 284 g/mol. The largest absolute Gasteiger partial charge is 0.459 e. The molecule has 1 atom stereocenters. The fourth-order valence-electron chi connectivity index (χ4n) is 2.44. The Morgan fingerprint density at radius 2 is 1.95 bits per heavy atom. The number of hydrogen-bond acceptors (Lipinski definition) is 3. The van der Waals surface area contributed by atoms with Crippen LogP contribution in [0.15, 0.2) is 53.1 Å². The minimum atomic E-state index is -0.834.